The van der Waals surface area contributed by atoms with Crippen molar-refractivity contribution >= 4 is 23.4 Å². The van der Waals surface area contributed by atoms with E-state index in [2.05, 4.69) is 60.3 Å². The molecule has 7 nitrogen and oxygen atoms in total. The summed E-state index contributed by atoms with van der Waals surface area (Å²) in [5.74, 6) is 0.468. The van der Waals surface area contributed by atoms with Crippen LogP contribution in [0, 0.1) is 5.92 Å². The summed E-state index contributed by atoms with van der Waals surface area (Å²) in [4.78, 5) is 35.0. The van der Waals surface area contributed by atoms with Gasteiger partial charge in [0, 0.05) is 55.7 Å². The number of fused-ring (bicyclic) bond motifs is 1. The molecular weight excluding hydrogens is 558 g/mol. The van der Waals surface area contributed by atoms with E-state index >= 15 is 0 Å². The lowest BCUT2D eigenvalue weighted by Crippen LogP contribution is -2.56. The highest BCUT2D eigenvalue weighted by Gasteiger charge is 2.38. The molecule has 2 N–H and O–H groups in total. The zero-order valence-electron chi connectivity index (χ0n) is 26.4. The molecule has 0 saturated carbocycles. The average Bonchev–Trinajstić information content (AvgIpc) is 3.50. The molecular formula is C35H50ClN5O2. The maximum absolute atomic E-state index is 14.2. The smallest absolute Gasteiger partial charge is 0.245 e. The maximum Gasteiger partial charge on any atom is 0.245 e. The van der Waals surface area contributed by atoms with E-state index in [0.717, 1.165) is 44.7 Å². The molecule has 3 unspecified atom stereocenters. The molecule has 0 radical (unpaired) electrons. The fourth-order valence-electron chi connectivity index (χ4n) is 7.15. The van der Waals surface area contributed by atoms with Crippen LogP contribution in [-0.2, 0) is 29.0 Å². The molecule has 3 aliphatic rings. The Kier molecular flexibility index (Phi) is 10.8. The fraction of sp³-hybridized carbons (Fsp3) is 0.600. The SMILES string of the molecule is CC(C)CN(C1CCN(C(C)C)CC1)C1CCN(C(=O)C(Cc2ccc(Cl)cc2)NC(=O)C2Cc3ccccc3CN2)C1. The number of benzene rings is 2. The second-order valence-electron chi connectivity index (χ2n) is 13.5. The van der Waals surface area contributed by atoms with E-state index in [9.17, 15) is 9.59 Å². The highest BCUT2D eigenvalue weighted by molar-refractivity contribution is 6.30. The van der Waals surface area contributed by atoms with Gasteiger partial charge in [-0.05, 0) is 87.4 Å². The molecule has 2 aromatic rings. The molecule has 0 bridgehead atoms. The predicted molar refractivity (Wildman–Crippen MR) is 174 cm³/mol. The van der Waals surface area contributed by atoms with E-state index in [1.54, 1.807) is 0 Å². The van der Waals surface area contributed by atoms with Crippen molar-refractivity contribution in [2.24, 2.45) is 5.92 Å². The molecule has 3 heterocycles. The molecule has 8 heteroatoms. The Hall–Kier alpha value is -2.45. The Bertz CT molecular complexity index is 1230. The summed E-state index contributed by atoms with van der Waals surface area (Å²) >= 11 is 6.15. The van der Waals surface area contributed by atoms with Crippen molar-refractivity contribution in [2.45, 2.75) is 96.6 Å². The van der Waals surface area contributed by atoms with Crippen molar-refractivity contribution in [2.75, 3.05) is 32.7 Å². The van der Waals surface area contributed by atoms with E-state index in [4.69, 9.17) is 11.6 Å². The van der Waals surface area contributed by atoms with Gasteiger partial charge in [-0.1, -0.05) is 61.8 Å². The largest absolute Gasteiger partial charge is 0.343 e. The summed E-state index contributed by atoms with van der Waals surface area (Å²) in [5, 5.41) is 7.21. The molecule has 5 rings (SSSR count). The molecule has 2 saturated heterocycles. The highest BCUT2D eigenvalue weighted by atomic mass is 35.5. The van der Waals surface area contributed by atoms with Crippen molar-refractivity contribution in [1.82, 2.24) is 25.3 Å². The summed E-state index contributed by atoms with van der Waals surface area (Å²) in [6, 6.07) is 16.3. The lowest BCUT2D eigenvalue weighted by molar-refractivity contribution is -0.136. The predicted octanol–water partition coefficient (Wildman–Crippen LogP) is 4.51. The number of carbonyl (C=O) groups excluding carboxylic acids is 2. The van der Waals surface area contributed by atoms with Crippen molar-refractivity contribution in [3.05, 3.63) is 70.2 Å². The lowest BCUT2D eigenvalue weighted by atomic mass is 9.95. The van der Waals surface area contributed by atoms with Gasteiger partial charge in [-0.2, -0.15) is 0 Å². The van der Waals surface area contributed by atoms with E-state index in [1.165, 1.54) is 24.0 Å². The molecule has 0 aromatic heterocycles. The molecule has 234 valence electrons. The van der Waals surface area contributed by atoms with Gasteiger partial charge in [-0.25, -0.2) is 0 Å². The summed E-state index contributed by atoms with van der Waals surface area (Å²) < 4.78 is 0. The number of hydrogen-bond acceptors (Lipinski definition) is 5. The van der Waals surface area contributed by atoms with Crippen LogP contribution >= 0.6 is 11.6 Å². The topological polar surface area (TPSA) is 67.9 Å². The third-order valence-electron chi connectivity index (χ3n) is 9.58. The van der Waals surface area contributed by atoms with Crippen molar-refractivity contribution in [3.8, 4) is 0 Å². The Morgan fingerprint density at radius 3 is 2.30 bits per heavy atom. The second kappa shape index (κ2) is 14.6. The summed E-state index contributed by atoms with van der Waals surface area (Å²) in [6.07, 6.45) is 4.40. The second-order valence-corrected chi connectivity index (χ2v) is 13.9. The average molecular weight is 608 g/mol. The number of halogens is 1. The minimum Gasteiger partial charge on any atom is -0.343 e. The van der Waals surface area contributed by atoms with Crippen molar-refractivity contribution < 1.29 is 9.59 Å². The molecule has 0 spiro atoms. The summed E-state index contributed by atoms with van der Waals surface area (Å²) in [5.41, 5.74) is 3.40. The number of rotatable bonds is 10. The first kappa shape index (κ1) is 32.0. The number of piperidine rings is 1. The van der Waals surface area contributed by atoms with Crippen LogP contribution in [0.25, 0.3) is 0 Å². The number of nitrogens with zero attached hydrogens (tertiary/aromatic N) is 3. The van der Waals surface area contributed by atoms with Crippen LogP contribution in [0.4, 0.5) is 0 Å². The van der Waals surface area contributed by atoms with Crippen LogP contribution in [0.2, 0.25) is 5.02 Å². The molecule has 3 atom stereocenters. The zero-order chi connectivity index (χ0) is 30.5. The first-order valence-electron chi connectivity index (χ1n) is 16.3. The van der Waals surface area contributed by atoms with Crippen LogP contribution < -0.4 is 10.6 Å². The van der Waals surface area contributed by atoms with Gasteiger partial charge < -0.3 is 20.4 Å². The first-order chi connectivity index (χ1) is 20.7. The Balaban J connectivity index is 1.27. The van der Waals surface area contributed by atoms with Gasteiger partial charge >= 0.3 is 0 Å². The minimum absolute atomic E-state index is 0.0149. The molecule has 0 aliphatic carbocycles. The van der Waals surface area contributed by atoms with Gasteiger partial charge in [-0.15, -0.1) is 0 Å². The van der Waals surface area contributed by atoms with Crippen LogP contribution in [-0.4, -0.2) is 89.4 Å². The minimum atomic E-state index is -0.626. The lowest BCUT2D eigenvalue weighted by Gasteiger charge is -2.43. The summed E-state index contributed by atoms with van der Waals surface area (Å²) in [6.45, 7) is 14.6. The normalized spacial score (nSPS) is 22.3. The van der Waals surface area contributed by atoms with Crippen LogP contribution in [0.15, 0.2) is 48.5 Å². The van der Waals surface area contributed by atoms with Gasteiger partial charge in [0.15, 0.2) is 0 Å². The Morgan fingerprint density at radius 1 is 0.953 bits per heavy atom. The van der Waals surface area contributed by atoms with Gasteiger partial charge in [0.2, 0.25) is 11.8 Å². The number of amides is 2. The molecule has 2 amide bonds. The maximum atomic E-state index is 14.2. The number of likely N-dealkylation sites (tertiary alicyclic amines) is 2. The van der Waals surface area contributed by atoms with E-state index in [1.807, 2.05) is 41.3 Å². The standard InChI is InChI=1S/C35H50ClN5O2/c1-24(2)22-41(30-13-16-39(17-14-30)25(3)4)31-15-18-40(23-31)35(43)33(19-26-9-11-29(36)12-10-26)38-34(42)32-20-27-7-5-6-8-28(27)21-37-32/h5-12,24-25,30-33,37H,13-23H2,1-4H3,(H,38,42). The molecule has 43 heavy (non-hydrogen) atoms. The van der Waals surface area contributed by atoms with Gasteiger partial charge in [-0.3, -0.25) is 14.5 Å². The van der Waals surface area contributed by atoms with Crippen LogP contribution in [0.5, 0.6) is 0 Å². The van der Waals surface area contributed by atoms with Gasteiger partial charge in [0.05, 0.1) is 6.04 Å². The quantitative estimate of drug-likeness (QED) is 0.416. The monoisotopic (exact) mass is 607 g/mol. The number of hydrogen-bond donors (Lipinski definition) is 2. The number of carbonyl (C=O) groups is 2. The first-order valence-corrected chi connectivity index (χ1v) is 16.7. The van der Waals surface area contributed by atoms with Crippen molar-refractivity contribution in [1.29, 1.82) is 0 Å². The van der Waals surface area contributed by atoms with E-state index in [-0.39, 0.29) is 17.9 Å². The third-order valence-corrected chi connectivity index (χ3v) is 9.84. The number of nitrogens with one attached hydrogen (secondary N) is 2. The molecule has 2 aromatic carbocycles. The zero-order valence-corrected chi connectivity index (χ0v) is 27.2. The summed E-state index contributed by atoms with van der Waals surface area (Å²) in [7, 11) is 0. The van der Waals surface area contributed by atoms with Crippen molar-refractivity contribution in [3.63, 3.8) is 0 Å². The third kappa shape index (κ3) is 8.18. The van der Waals surface area contributed by atoms with E-state index in [0.29, 0.717) is 48.5 Å². The van der Waals surface area contributed by atoms with Gasteiger partial charge in [0.25, 0.3) is 0 Å². The molecule has 3 aliphatic heterocycles. The van der Waals surface area contributed by atoms with Gasteiger partial charge in [0.1, 0.15) is 6.04 Å². The van der Waals surface area contributed by atoms with Crippen LogP contribution in [0.3, 0.4) is 0 Å². The molecule has 2 fully saturated rings. The van der Waals surface area contributed by atoms with E-state index < -0.39 is 6.04 Å². The fourth-order valence-corrected chi connectivity index (χ4v) is 7.28. The Morgan fingerprint density at radius 2 is 1.63 bits per heavy atom. The van der Waals surface area contributed by atoms with Crippen LogP contribution in [0.1, 0.15) is 63.6 Å². The Labute approximate surface area is 263 Å². The highest BCUT2D eigenvalue weighted by Crippen LogP contribution is 2.27.